The van der Waals surface area contributed by atoms with Gasteiger partial charge < -0.3 is 20.3 Å². The first-order valence-corrected chi connectivity index (χ1v) is 10.5. The van der Waals surface area contributed by atoms with E-state index < -0.39 is 29.3 Å². The summed E-state index contributed by atoms with van der Waals surface area (Å²) in [4.78, 5) is 26.4. The number of nitrogens with one attached hydrogen (secondary N) is 2. The Labute approximate surface area is 199 Å². The number of pyridine rings is 1. The molecule has 186 valence electrons. The van der Waals surface area contributed by atoms with Gasteiger partial charge in [0.05, 0.1) is 41.6 Å². The Morgan fingerprint density at radius 1 is 1.06 bits per heavy atom. The summed E-state index contributed by atoms with van der Waals surface area (Å²) < 4.78 is 60.4. The lowest BCUT2D eigenvalue weighted by Gasteiger charge is -2.18. The topological polar surface area (TPSA) is 92.3 Å². The average Bonchev–Trinajstić information content (AvgIpc) is 2.76. The lowest BCUT2D eigenvalue weighted by molar-refractivity contribution is -0.138. The minimum absolute atomic E-state index is 0.121. The van der Waals surface area contributed by atoms with Crippen LogP contribution < -0.4 is 15.4 Å². The number of amides is 2. The molecule has 0 saturated heterocycles. The summed E-state index contributed by atoms with van der Waals surface area (Å²) >= 11 is 0. The van der Waals surface area contributed by atoms with Gasteiger partial charge in [0, 0.05) is 18.3 Å². The third-order valence-corrected chi connectivity index (χ3v) is 4.74. The molecule has 0 radical (unpaired) electrons. The van der Waals surface area contributed by atoms with Crippen LogP contribution in [0.3, 0.4) is 0 Å². The van der Waals surface area contributed by atoms with Crippen LogP contribution in [0.2, 0.25) is 0 Å². The van der Waals surface area contributed by atoms with Gasteiger partial charge in [-0.25, -0.2) is 19.2 Å². The van der Waals surface area contributed by atoms with Crippen LogP contribution in [0.5, 0.6) is 5.75 Å². The molecule has 0 atom stereocenters. The first-order valence-electron chi connectivity index (χ1n) is 10.5. The molecule has 0 aliphatic carbocycles. The van der Waals surface area contributed by atoms with E-state index in [1.807, 2.05) is 6.92 Å². The van der Waals surface area contributed by atoms with Crippen molar-refractivity contribution in [1.29, 1.82) is 0 Å². The highest BCUT2D eigenvalue weighted by Crippen LogP contribution is 2.35. The predicted octanol–water partition coefficient (Wildman–Crippen LogP) is 5.11. The Balaban J connectivity index is 1.75. The van der Waals surface area contributed by atoms with Crippen LogP contribution in [0.4, 0.5) is 33.7 Å². The maximum Gasteiger partial charge on any atom is 0.416 e. The number of hydrogen-bond acceptors (Lipinski definition) is 6. The standard InChI is InChI=1S/C23H24F4N6O2/c1-5-35-20-7-14(9-28-13(20)2)21-29-10-16(11-30-21)31-22(34)32-19-8-17(23(25,26)27)15(6-18(19)24)12-33(3)4/h6-11H,5,12H2,1-4H3,(H2,31,32,34). The second-order valence-electron chi connectivity index (χ2n) is 7.84. The number of anilines is 2. The van der Waals surface area contributed by atoms with Gasteiger partial charge in [-0.05, 0) is 51.7 Å². The fourth-order valence-electron chi connectivity index (χ4n) is 3.21. The van der Waals surface area contributed by atoms with Crippen LogP contribution in [-0.4, -0.2) is 46.6 Å². The fourth-order valence-corrected chi connectivity index (χ4v) is 3.21. The van der Waals surface area contributed by atoms with Crippen molar-refractivity contribution in [2.24, 2.45) is 0 Å². The summed E-state index contributed by atoms with van der Waals surface area (Å²) in [7, 11) is 3.14. The third-order valence-electron chi connectivity index (χ3n) is 4.74. The van der Waals surface area contributed by atoms with Gasteiger partial charge in [-0.15, -0.1) is 0 Å². The van der Waals surface area contributed by atoms with E-state index in [4.69, 9.17) is 4.74 Å². The van der Waals surface area contributed by atoms with Crippen molar-refractivity contribution >= 4 is 17.4 Å². The van der Waals surface area contributed by atoms with E-state index in [1.54, 1.807) is 33.3 Å². The molecule has 0 aliphatic heterocycles. The van der Waals surface area contributed by atoms with Crippen LogP contribution in [0.15, 0.2) is 36.8 Å². The Bertz CT molecular complexity index is 1200. The van der Waals surface area contributed by atoms with Gasteiger partial charge in [-0.1, -0.05) is 0 Å². The van der Waals surface area contributed by atoms with Crippen molar-refractivity contribution in [2.45, 2.75) is 26.6 Å². The van der Waals surface area contributed by atoms with Crippen molar-refractivity contribution in [1.82, 2.24) is 19.9 Å². The number of benzene rings is 1. The van der Waals surface area contributed by atoms with Crippen molar-refractivity contribution in [2.75, 3.05) is 31.3 Å². The second-order valence-corrected chi connectivity index (χ2v) is 7.84. The van der Waals surface area contributed by atoms with E-state index in [9.17, 15) is 22.4 Å². The van der Waals surface area contributed by atoms with Crippen molar-refractivity contribution in [3.8, 4) is 17.1 Å². The monoisotopic (exact) mass is 492 g/mol. The van der Waals surface area contributed by atoms with E-state index in [0.29, 0.717) is 35.5 Å². The van der Waals surface area contributed by atoms with Crippen LogP contribution >= 0.6 is 0 Å². The van der Waals surface area contributed by atoms with E-state index >= 15 is 0 Å². The van der Waals surface area contributed by atoms with Gasteiger partial charge in [0.1, 0.15) is 11.6 Å². The lowest BCUT2D eigenvalue weighted by Crippen LogP contribution is -2.22. The smallest absolute Gasteiger partial charge is 0.416 e. The minimum atomic E-state index is -4.72. The van der Waals surface area contributed by atoms with Gasteiger partial charge in [-0.3, -0.25) is 4.98 Å². The predicted molar refractivity (Wildman–Crippen MR) is 123 cm³/mol. The number of aryl methyl sites for hydroxylation is 1. The summed E-state index contributed by atoms with van der Waals surface area (Å²) in [6.45, 7) is 4.00. The zero-order valence-electron chi connectivity index (χ0n) is 19.5. The van der Waals surface area contributed by atoms with Crippen LogP contribution in [0.25, 0.3) is 11.4 Å². The van der Waals surface area contributed by atoms with E-state index in [1.165, 1.54) is 17.3 Å². The molecule has 0 saturated carbocycles. The van der Waals surface area contributed by atoms with Gasteiger partial charge in [0.25, 0.3) is 0 Å². The summed E-state index contributed by atoms with van der Waals surface area (Å²) in [5.41, 5.74) is -0.432. The van der Waals surface area contributed by atoms with Crippen LogP contribution in [0.1, 0.15) is 23.7 Å². The molecule has 1 aromatic carbocycles. The average molecular weight is 492 g/mol. The molecule has 35 heavy (non-hydrogen) atoms. The highest BCUT2D eigenvalue weighted by Gasteiger charge is 2.34. The first kappa shape index (κ1) is 25.8. The van der Waals surface area contributed by atoms with Gasteiger partial charge in [0.15, 0.2) is 5.82 Å². The van der Waals surface area contributed by atoms with Crippen LogP contribution in [0, 0.1) is 12.7 Å². The zero-order chi connectivity index (χ0) is 25.8. The van der Waals surface area contributed by atoms with E-state index in [2.05, 4.69) is 25.6 Å². The molecule has 3 aromatic rings. The van der Waals surface area contributed by atoms with E-state index in [0.717, 1.165) is 6.07 Å². The van der Waals surface area contributed by atoms with Crippen molar-refractivity contribution in [3.63, 3.8) is 0 Å². The zero-order valence-corrected chi connectivity index (χ0v) is 19.5. The summed E-state index contributed by atoms with van der Waals surface area (Å²) in [6, 6.07) is 2.13. The molecule has 3 rings (SSSR count). The minimum Gasteiger partial charge on any atom is -0.492 e. The number of nitrogens with zero attached hydrogens (tertiary/aromatic N) is 4. The SMILES string of the molecule is CCOc1cc(-c2ncc(NC(=O)Nc3cc(C(F)(F)F)c(CN(C)C)cc3F)cn2)cnc1C. The van der Waals surface area contributed by atoms with Gasteiger partial charge in [-0.2, -0.15) is 13.2 Å². The molecule has 12 heteroatoms. The number of rotatable bonds is 7. The quantitative estimate of drug-likeness (QED) is 0.446. The Morgan fingerprint density at radius 3 is 2.34 bits per heavy atom. The molecule has 8 nitrogen and oxygen atoms in total. The highest BCUT2D eigenvalue weighted by molar-refractivity contribution is 5.99. The lowest BCUT2D eigenvalue weighted by atomic mass is 10.0. The molecule has 0 aliphatic rings. The molecular formula is C23H24F4N6O2. The number of urea groups is 1. The molecule has 2 aromatic heterocycles. The summed E-state index contributed by atoms with van der Waals surface area (Å²) in [5.74, 6) is -0.0811. The van der Waals surface area contributed by atoms with Gasteiger partial charge in [0.2, 0.25) is 0 Å². The number of carbonyl (C=O) groups is 1. The largest absolute Gasteiger partial charge is 0.492 e. The Kier molecular flexibility index (Phi) is 7.85. The Hall–Kier alpha value is -3.80. The van der Waals surface area contributed by atoms with E-state index in [-0.39, 0.29) is 17.8 Å². The third kappa shape index (κ3) is 6.63. The highest BCUT2D eigenvalue weighted by atomic mass is 19.4. The number of carbonyl (C=O) groups excluding carboxylic acids is 1. The number of halogens is 4. The van der Waals surface area contributed by atoms with Crippen LogP contribution in [-0.2, 0) is 12.7 Å². The maximum absolute atomic E-state index is 14.5. The van der Waals surface area contributed by atoms with Gasteiger partial charge >= 0.3 is 12.2 Å². The summed E-state index contributed by atoms with van der Waals surface area (Å²) in [5, 5.41) is 4.48. The fraction of sp³-hybridized carbons (Fsp3) is 0.304. The first-order chi connectivity index (χ1) is 16.5. The van der Waals surface area contributed by atoms with Crippen molar-refractivity contribution in [3.05, 3.63) is 59.4 Å². The number of hydrogen-bond donors (Lipinski definition) is 2. The molecular weight excluding hydrogens is 468 g/mol. The molecule has 0 bridgehead atoms. The molecule has 0 spiro atoms. The number of alkyl halides is 3. The number of ether oxygens (including phenoxy) is 1. The molecule has 2 heterocycles. The van der Waals surface area contributed by atoms with Crippen molar-refractivity contribution < 1.29 is 27.1 Å². The molecule has 0 unspecified atom stereocenters. The molecule has 0 fully saturated rings. The molecule has 2 N–H and O–H groups in total. The normalized spacial score (nSPS) is 11.5. The molecule has 2 amide bonds. The second kappa shape index (κ2) is 10.6. The maximum atomic E-state index is 14.5. The number of aromatic nitrogens is 3. The summed E-state index contributed by atoms with van der Waals surface area (Å²) in [6.07, 6.45) is -0.532. The Morgan fingerprint density at radius 2 is 1.74 bits per heavy atom.